The summed E-state index contributed by atoms with van der Waals surface area (Å²) in [5.74, 6) is -0.974. The van der Waals surface area contributed by atoms with Gasteiger partial charge in [0.1, 0.15) is 6.04 Å². The summed E-state index contributed by atoms with van der Waals surface area (Å²) in [7, 11) is 1.52. The first kappa shape index (κ1) is 12.4. The molecule has 96 valence electrons. The molecule has 1 aromatic carbocycles. The normalized spacial score (nSPS) is 19.4. The van der Waals surface area contributed by atoms with Crippen LogP contribution in [0.25, 0.3) is 0 Å². The Morgan fingerprint density at radius 1 is 1.39 bits per heavy atom. The van der Waals surface area contributed by atoms with Crippen LogP contribution in [0.2, 0.25) is 0 Å². The maximum absolute atomic E-state index is 12.0. The molecular weight excluding hydrogens is 232 g/mol. The average molecular weight is 248 g/mol. The molecule has 0 bridgehead atoms. The number of carboxylic acids is 1. The smallest absolute Gasteiger partial charge is 0.328 e. The van der Waals surface area contributed by atoms with Crippen molar-refractivity contribution in [3.05, 3.63) is 29.8 Å². The van der Waals surface area contributed by atoms with E-state index >= 15 is 0 Å². The number of urea groups is 1. The van der Waals surface area contributed by atoms with Crippen LogP contribution in [-0.4, -0.2) is 41.6 Å². The highest BCUT2D eigenvalue weighted by Crippen LogP contribution is 2.23. The minimum absolute atomic E-state index is 0.191. The van der Waals surface area contributed by atoms with Crippen molar-refractivity contribution >= 4 is 17.7 Å². The lowest BCUT2D eigenvalue weighted by molar-refractivity contribution is -0.140. The molecule has 5 nitrogen and oxygen atoms in total. The molecule has 1 atom stereocenters. The Kier molecular flexibility index (Phi) is 3.23. The molecule has 2 rings (SSSR count). The SMILES string of the molecule is CCc1ccc(N2CC(C(=O)O)N(C)C2=O)cc1. The van der Waals surface area contributed by atoms with E-state index in [1.165, 1.54) is 22.4 Å². The van der Waals surface area contributed by atoms with Crippen molar-refractivity contribution in [2.75, 3.05) is 18.5 Å². The first-order chi connectivity index (χ1) is 8.54. The number of carbonyl (C=O) groups is 2. The maximum Gasteiger partial charge on any atom is 0.328 e. The van der Waals surface area contributed by atoms with Gasteiger partial charge >= 0.3 is 12.0 Å². The molecule has 0 radical (unpaired) electrons. The van der Waals surface area contributed by atoms with Gasteiger partial charge in [-0.3, -0.25) is 4.90 Å². The van der Waals surface area contributed by atoms with Crippen LogP contribution < -0.4 is 4.90 Å². The minimum atomic E-state index is -0.974. The summed E-state index contributed by atoms with van der Waals surface area (Å²) in [6, 6.07) is 6.58. The molecule has 1 fully saturated rings. The molecule has 0 aliphatic carbocycles. The highest BCUT2D eigenvalue weighted by molar-refractivity contribution is 5.98. The Hall–Kier alpha value is -2.04. The summed E-state index contributed by atoms with van der Waals surface area (Å²) < 4.78 is 0. The number of hydrogen-bond acceptors (Lipinski definition) is 2. The monoisotopic (exact) mass is 248 g/mol. The largest absolute Gasteiger partial charge is 0.480 e. The summed E-state index contributed by atoms with van der Waals surface area (Å²) >= 11 is 0. The Bertz CT molecular complexity index is 470. The molecule has 1 N–H and O–H groups in total. The average Bonchev–Trinajstić information content (AvgIpc) is 2.67. The van der Waals surface area contributed by atoms with Crippen molar-refractivity contribution in [3.8, 4) is 0 Å². The molecular formula is C13H16N2O3. The van der Waals surface area contributed by atoms with E-state index in [2.05, 4.69) is 6.92 Å². The van der Waals surface area contributed by atoms with Crippen molar-refractivity contribution in [2.24, 2.45) is 0 Å². The first-order valence-corrected chi connectivity index (χ1v) is 5.90. The highest BCUT2D eigenvalue weighted by Gasteiger charge is 2.39. The third-order valence-corrected chi connectivity index (χ3v) is 3.30. The van der Waals surface area contributed by atoms with E-state index in [4.69, 9.17) is 5.11 Å². The number of likely N-dealkylation sites (N-methyl/N-ethyl adjacent to an activating group) is 1. The van der Waals surface area contributed by atoms with E-state index in [1.807, 2.05) is 24.3 Å². The van der Waals surface area contributed by atoms with Crippen molar-refractivity contribution in [1.29, 1.82) is 0 Å². The third-order valence-electron chi connectivity index (χ3n) is 3.30. The van der Waals surface area contributed by atoms with Gasteiger partial charge in [0.2, 0.25) is 0 Å². The van der Waals surface area contributed by atoms with Crippen molar-refractivity contribution in [3.63, 3.8) is 0 Å². The predicted octanol–water partition coefficient (Wildman–Crippen LogP) is 1.57. The van der Waals surface area contributed by atoms with Crippen LogP contribution >= 0.6 is 0 Å². The van der Waals surface area contributed by atoms with Crippen LogP contribution in [0.3, 0.4) is 0 Å². The number of hydrogen-bond donors (Lipinski definition) is 1. The zero-order valence-corrected chi connectivity index (χ0v) is 10.5. The second-order valence-electron chi connectivity index (χ2n) is 4.38. The predicted molar refractivity (Wildman–Crippen MR) is 67.7 cm³/mol. The van der Waals surface area contributed by atoms with Gasteiger partial charge in [-0.2, -0.15) is 0 Å². The quantitative estimate of drug-likeness (QED) is 0.883. The van der Waals surface area contributed by atoms with Crippen LogP contribution in [-0.2, 0) is 11.2 Å². The summed E-state index contributed by atoms with van der Waals surface area (Å²) in [5.41, 5.74) is 1.93. The maximum atomic E-state index is 12.0. The van der Waals surface area contributed by atoms with Crippen LogP contribution in [0.4, 0.5) is 10.5 Å². The molecule has 1 aliphatic rings. The molecule has 0 saturated carbocycles. The molecule has 0 aromatic heterocycles. The van der Waals surface area contributed by atoms with Gasteiger partial charge in [0.25, 0.3) is 0 Å². The standard InChI is InChI=1S/C13H16N2O3/c1-3-9-4-6-10(7-5-9)15-8-11(12(16)17)14(2)13(15)18/h4-7,11H,3,8H2,1-2H3,(H,16,17). The topological polar surface area (TPSA) is 60.9 Å². The van der Waals surface area contributed by atoms with E-state index in [0.29, 0.717) is 0 Å². The van der Waals surface area contributed by atoms with Crippen LogP contribution in [0.15, 0.2) is 24.3 Å². The van der Waals surface area contributed by atoms with E-state index in [9.17, 15) is 9.59 Å². The van der Waals surface area contributed by atoms with Gasteiger partial charge in [0.15, 0.2) is 0 Å². The van der Waals surface area contributed by atoms with Crippen LogP contribution in [0.1, 0.15) is 12.5 Å². The Morgan fingerprint density at radius 3 is 2.44 bits per heavy atom. The molecule has 18 heavy (non-hydrogen) atoms. The Balaban J connectivity index is 2.23. The van der Waals surface area contributed by atoms with E-state index in [1.54, 1.807) is 0 Å². The van der Waals surface area contributed by atoms with Crippen LogP contribution in [0.5, 0.6) is 0 Å². The lowest BCUT2D eigenvalue weighted by Crippen LogP contribution is -2.36. The fraction of sp³-hybridized carbons (Fsp3) is 0.385. The van der Waals surface area contributed by atoms with Gasteiger partial charge in [0.05, 0.1) is 6.54 Å². The number of aliphatic carboxylic acids is 1. The zero-order chi connectivity index (χ0) is 13.3. The number of rotatable bonds is 3. The van der Waals surface area contributed by atoms with Gasteiger partial charge in [-0.25, -0.2) is 9.59 Å². The Morgan fingerprint density at radius 2 is 2.00 bits per heavy atom. The number of anilines is 1. The second kappa shape index (κ2) is 4.68. The molecule has 1 heterocycles. The summed E-state index contributed by atoms with van der Waals surface area (Å²) in [4.78, 5) is 25.7. The zero-order valence-electron chi connectivity index (χ0n) is 10.5. The number of carbonyl (C=O) groups excluding carboxylic acids is 1. The Labute approximate surface area is 106 Å². The summed E-state index contributed by atoms with van der Waals surface area (Å²) in [6.45, 7) is 2.25. The molecule has 5 heteroatoms. The van der Waals surface area contributed by atoms with Crippen molar-refractivity contribution < 1.29 is 14.7 Å². The third kappa shape index (κ3) is 2.03. The molecule has 1 aliphatic heterocycles. The number of aryl methyl sites for hydroxylation is 1. The molecule has 0 spiro atoms. The lowest BCUT2D eigenvalue weighted by atomic mass is 10.1. The lowest BCUT2D eigenvalue weighted by Gasteiger charge is -2.16. The second-order valence-corrected chi connectivity index (χ2v) is 4.38. The van der Waals surface area contributed by atoms with Crippen molar-refractivity contribution in [2.45, 2.75) is 19.4 Å². The van der Waals surface area contributed by atoms with Crippen molar-refractivity contribution in [1.82, 2.24) is 4.90 Å². The molecule has 1 unspecified atom stereocenters. The van der Waals surface area contributed by atoms with Crippen LogP contribution in [0, 0.1) is 0 Å². The number of carboxylic acid groups (broad SMARTS) is 1. The van der Waals surface area contributed by atoms with E-state index < -0.39 is 12.0 Å². The summed E-state index contributed by atoms with van der Waals surface area (Å²) in [5, 5.41) is 9.03. The minimum Gasteiger partial charge on any atom is -0.480 e. The number of amides is 2. The fourth-order valence-electron chi connectivity index (χ4n) is 2.07. The molecule has 1 saturated heterocycles. The first-order valence-electron chi connectivity index (χ1n) is 5.90. The van der Waals surface area contributed by atoms with Gasteiger partial charge in [-0.1, -0.05) is 19.1 Å². The highest BCUT2D eigenvalue weighted by atomic mass is 16.4. The van der Waals surface area contributed by atoms with Gasteiger partial charge in [-0.15, -0.1) is 0 Å². The fourth-order valence-corrected chi connectivity index (χ4v) is 2.07. The summed E-state index contributed by atoms with van der Waals surface area (Å²) in [6.07, 6.45) is 0.936. The van der Waals surface area contributed by atoms with Gasteiger partial charge in [0, 0.05) is 12.7 Å². The molecule has 1 aromatic rings. The van der Waals surface area contributed by atoms with E-state index in [-0.39, 0.29) is 12.6 Å². The molecule has 2 amide bonds. The number of nitrogens with zero attached hydrogens (tertiary/aromatic N) is 2. The van der Waals surface area contributed by atoms with Gasteiger partial charge < -0.3 is 10.0 Å². The van der Waals surface area contributed by atoms with E-state index in [0.717, 1.165) is 12.1 Å². The van der Waals surface area contributed by atoms with Gasteiger partial charge in [-0.05, 0) is 24.1 Å². The number of benzene rings is 1.